The molecule has 4 aromatic rings. The molecule has 0 unspecified atom stereocenters. The third-order valence-corrected chi connectivity index (χ3v) is 5.69. The molecular formula is C30H25F3O. The number of ether oxygens (including phenoxy) is 1. The average molecular weight is 459 g/mol. The van der Waals surface area contributed by atoms with E-state index in [-0.39, 0.29) is 23.6 Å². The standard InChI is InChI=1S/C30H25F3O/c1-3-34-19-26-15-14-25(18-28(26)31)22-11-6-21(7-12-22)8-13-24-16-17-27(30(33)29(24)32)23-9-4-20(2)5-10-23/h4-18H,3,19H2,1-2H3/b13-8+. The normalized spacial score (nSPS) is 11.3. The van der Waals surface area contributed by atoms with Gasteiger partial charge >= 0.3 is 0 Å². The zero-order valence-corrected chi connectivity index (χ0v) is 19.1. The van der Waals surface area contributed by atoms with Gasteiger partial charge < -0.3 is 4.74 Å². The summed E-state index contributed by atoms with van der Waals surface area (Å²) in [5.74, 6) is -2.05. The van der Waals surface area contributed by atoms with Crippen LogP contribution in [0.4, 0.5) is 13.2 Å². The first-order valence-corrected chi connectivity index (χ1v) is 11.2. The van der Waals surface area contributed by atoms with Crippen LogP contribution in [0.15, 0.2) is 78.9 Å². The highest BCUT2D eigenvalue weighted by molar-refractivity contribution is 5.74. The maximum atomic E-state index is 14.7. The van der Waals surface area contributed by atoms with Crippen molar-refractivity contribution in [2.24, 2.45) is 0 Å². The first-order chi connectivity index (χ1) is 16.5. The first-order valence-electron chi connectivity index (χ1n) is 11.2. The molecule has 0 aliphatic rings. The van der Waals surface area contributed by atoms with E-state index in [1.165, 1.54) is 6.07 Å². The molecule has 0 aliphatic heterocycles. The molecule has 0 spiro atoms. The van der Waals surface area contributed by atoms with E-state index in [1.807, 2.05) is 56.3 Å². The van der Waals surface area contributed by atoms with Gasteiger partial charge in [0.25, 0.3) is 0 Å². The van der Waals surface area contributed by atoms with E-state index in [0.717, 1.165) is 22.3 Å². The highest BCUT2D eigenvalue weighted by Gasteiger charge is 2.13. The Hall–Kier alpha value is -3.63. The average Bonchev–Trinajstić information content (AvgIpc) is 2.85. The van der Waals surface area contributed by atoms with Crippen LogP contribution in [-0.2, 0) is 11.3 Å². The minimum absolute atomic E-state index is 0.171. The Morgan fingerprint density at radius 1 is 0.706 bits per heavy atom. The second-order valence-corrected chi connectivity index (χ2v) is 8.10. The number of hydrogen-bond acceptors (Lipinski definition) is 1. The molecule has 4 heteroatoms. The lowest BCUT2D eigenvalue weighted by atomic mass is 10.00. The Morgan fingerprint density at radius 2 is 1.38 bits per heavy atom. The van der Waals surface area contributed by atoms with Crippen LogP contribution in [0.5, 0.6) is 0 Å². The topological polar surface area (TPSA) is 9.23 Å². The fraction of sp³-hybridized carbons (Fsp3) is 0.133. The molecule has 0 saturated carbocycles. The van der Waals surface area contributed by atoms with Crippen LogP contribution < -0.4 is 0 Å². The zero-order chi connectivity index (χ0) is 24.1. The van der Waals surface area contributed by atoms with Crippen molar-refractivity contribution in [2.45, 2.75) is 20.5 Å². The molecular weight excluding hydrogens is 433 g/mol. The molecule has 4 aromatic carbocycles. The van der Waals surface area contributed by atoms with Crippen molar-refractivity contribution in [3.63, 3.8) is 0 Å². The Morgan fingerprint density at radius 3 is 2.06 bits per heavy atom. The Bertz CT molecular complexity index is 1310. The summed E-state index contributed by atoms with van der Waals surface area (Å²) in [6.45, 7) is 4.59. The fourth-order valence-electron chi connectivity index (χ4n) is 3.68. The lowest BCUT2D eigenvalue weighted by Gasteiger charge is -2.08. The van der Waals surface area contributed by atoms with Gasteiger partial charge in [-0.05, 0) is 42.2 Å². The second-order valence-electron chi connectivity index (χ2n) is 8.10. The van der Waals surface area contributed by atoms with Gasteiger partial charge in [-0.25, -0.2) is 13.2 Å². The van der Waals surface area contributed by atoms with Gasteiger partial charge in [-0.3, -0.25) is 0 Å². The van der Waals surface area contributed by atoms with Crippen LogP contribution in [-0.4, -0.2) is 6.61 Å². The van der Waals surface area contributed by atoms with Crippen LogP contribution in [0.1, 0.15) is 29.2 Å². The van der Waals surface area contributed by atoms with Crippen LogP contribution in [0.2, 0.25) is 0 Å². The molecule has 0 aromatic heterocycles. The van der Waals surface area contributed by atoms with Gasteiger partial charge in [-0.1, -0.05) is 90.5 Å². The highest BCUT2D eigenvalue weighted by atomic mass is 19.2. The molecule has 0 fully saturated rings. The number of benzene rings is 4. The summed E-state index contributed by atoms with van der Waals surface area (Å²) in [6.07, 6.45) is 3.27. The van der Waals surface area contributed by atoms with Gasteiger partial charge in [0.1, 0.15) is 5.82 Å². The number of hydrogen-bond donors (Lipinski definition) is 0. The summed E-state index contributed by atoms with van der Waals surface area (Å²) in [5.41, 5.74) is 5.05. The SMILES string of the molecule is CCOCc1ccc(-c2ccc(/C=C/c3ccc(-c4ccc(C)cc4)c(F)c3F)cc2)cc1F. The van der Waals surface area contributed by atoms with Gasteiger partial charge in [0, 0.05) is 23.3 Å². The molecule has 0 N–H and O–H groups in total. The molecule has 0 amide bonds. The van der Waals surface area contributed by atoms with Gasteiger partial charge in [-0.2, -0.15) is 0 Å². The first kappa shape index (κ1) is 23.5. The van der Waals surface area contributed by atoms with Crippen LogP contribution in [0.25, 0.3) is 34.4 Å². The summed E-state index contributed by atoms with van der Waals surface area (Å²) in [4.78, 5) is 0. The van der Waals surface area contributed by atoms with Gasteiger partial charge in [0.2, 0.25) is 0 Å². The molecule has 0 saturated heterocycles. The summed E-state index contributed by atoms with van der Waals surface area (Å²) < 4.78 is 49.0. The van der Waals surface area contributed by atoms with Crippen molar-refractivity contribution in [1.82, 2.24) is 0 Å². The second kappa shape index (κ2) is 10.5. The third kappa shape index (κ3) is 5.29. The quantitative estimate of drug-likeness (QED) is 0.252. The number of rotatable bonds is 7. The largest absolute Gasteiger partial charge is 0.377 e. The van der Waals surface area contributed by atoms with Gasteiger partial charge in [0.15, 0.2) is 11.6 Å². The monoisotopic (exact) mass is 458 g/mol. The van der Waals surface area contributed by atoms with Crippen LogP contribution >= 0.6 is 0 Å². The summed E-state index contributed by atoms with van der Waals surface area (Å²) in [7, 11) is 0. The van der Waals surface area contributed by atoms with Crippen molar-refractivity contribution in [3.05, 3.63) is 119 Å². The predicted molar refractivity (Wildman–Crippen MR) is 133 cm³/mol. The summed E-state index contributed by atoms with van der Waals surface area (Å²) in [5, 5.41) is 0. The molecule has 0 heterocycles. The summed E-state index contributed by atoms with van der Waals surface area (Å²) in [6, 6.07) is 23.0. The Labute approximate surface area is 198 Å². The van der Waals surface area contributed by atoms with E-state index in [9.17, 15) is 13.2 Å². The van der Waals surface area contributed by atoms with Crippen molar-refractivity contribution in [2.75, 3.05) is 6.61 Å². The summed E-state index contributed by atoms with van der Waals surface area (Å²) >= 11 is 0. The fourth-order valence-corrected chi connectivity index (χ4v) is 3.68. The minimum Gasteiger partial charge on any atom is -0.377 e. The maximum Gasteiger partial charge on any atom is 0.167 e. The molecule has 172 valence electrons. The van der Waals surface area contributed by atoms with E-state index in [4.69, 9.17) is 4.74 Å². The van der Waals surface area contributed by atoms with Gasteiger partial charge in [-0.15, -0.1) is 0 Å². The lowest BCUT2D eigenvalue weighted by molar-refractivity contribution is 0.131. The smallest absolute Gasteiger partial charge is 0.167 e. The van der Waals surface area contributed by atoms with Crippen LogP contribution in [0.3, 0.4) is 0 Å². The number of halogens is 3. The number of aryl methyl sites for hydroxylation is 1. The van der Waals surface area contributed by atoms with E-state index >= 15 is 0 Å². The Kier molecular flexibility index (Phi) is 7.29. The zero-order valence-electron chi connectivity index (χ0n) is 19.1. The highest BCUT2D eigenvalue weighted by Crippen LogP contribution is 2.28. The molecule has 0 bridgehead atoms. The van der Waals surface area contributed by atoms with E-state index in [2.05, 4.69) is 0 Å². The maximum absolute atomic E-state index is 14.7. The molecule has 0 radical (unpaired) electrons. The minimum atomic E-state index is -0.881. The molecule has 1 nitrogen and oxygen atoms in total. The van der Waals surface area contributed by atoms with Crippen molar-refractivity contribution < 1.29 is 17.9 Å². The predicted octanol–water partition coefficient (Wildman–Crippen LogP) is 8.45. The van der Waals surface area contributed by atoms with E-state index in [0.29, 0.717) is 17.7 Å². The van der Waals surface area contributed by atoms with Crippen LogP contribution in [0, 0.1) is 24.4 Å². The van der Waals surface area contributed by atoms with Crippen molar-refractivity contribution in [3.8, 4) is 22.3 Å². The Balaban J connectivity index is 1.51. The molecule has 0 aliphatic carbocycles. The van der Waals surface area contributed by atoms with E-state index < -0.39 is 11.6 Å². The van der Waals surface area contributed by atoms with Crippen molar-refractivity contribution >= 4 is 12.2 Å². The lowest BCUT2D eigenvalue weighted by Crippen LogP contribution is -1.95. The molecule has 4 rings (SSSR count). The van der Waals surface area contributed by atoms with Gasteiger partial charge in [0.05, 0.1) is 6.61 Å². The van der Waals surface area contributed by atoms with Crippen molar-refractivity contribution in [1.29, 1.82) is 0 Å². The molecule has 0 atom stereocenters. The van der Waals surface area contributed by atoms with E-state index in [1.54, 1.807) is 42.5 Å². The third-order valence-electron chi connectivity index (χ3n) is 5.69. The molecule has 34 heavy (non-hydrogen) atoms.